The molecule has 2 aromatic carbocycles. The van der Waals surface area contributed by atoms with Gasteiger partial charge in [0.25, 0.3) is 0 Å². The number of urea groups is 1. The summed E-state index contributed by atoms with van der Waals surface area (Å²) < 4.78 is 0. The zero-order valence-corrected chi connectivity index (χ0v) is 13.3. The molecule has 3 N–H and O–H groups in total. The fourth-order valence-corrected chi connectivity index (χ4v) is 2.31. The summed E-state index contributed by atoms with van der Waals surface area (Å²) in [7, 11) is 0. The minimum atomic E-state index is -1.13. The van der Waals surface area contributed by atoms with Crippen LogP contribution < -0.4 is 10.6 Å². The van der Waals surface area contributed by atoms with Crippen LogP contribution in [0.5, 0.6) is 0 Å². The van der Waals surface area contributed by atoms with Crippen molar-refractivity contribution in [3.63, 3.8) is 0 Å². The van der Waals surface area contributed by atoms with Gasteiger partial charge in [0, 0.05) is 10.7 Å². The van der Waals surface area contributed by atoms with Gasteiger partial charge in [-0.25, -0.2) is 4.79 Å². The van der Waals surface area contributed by atoms with Gasteiger partial charge in [0.1, 0.15) is 5.60 Å². The van der Waals surface area contributed by atoms with Crippen molar-refractivity contribution in [1.29, 1.82) is 0 Å². The van der Waals surface area contributed by atoms with Gasteiger partial charge in [-0.2, -0.15) is 0 Å². The van der Waals surface area contributed by atoms with E-state index < -0.39 is 5.60 Å². The Balaban J connectivity index is 1.95. The molecule has 0 aromatic heterocycles. The first-order valence-electron chi connectivity index (χ1n) is 6.97. The molecular weight excluding hydrogens is 300 g/mol. The lowest BCUT2D eigenvalue weighted by Crippen LogP contribution is -2.40. The molecular formula is C17H19ClN2O2. The Hall–Kier alpha value is -2.04. The number of aryl methyl sites for hydroxylation is 1. The predicted molar refractivity (Wildman–Crippen MR) is 89.2 cm³/mol. The number of nitrogens with one attached hydrogen (secondary N) is 2. The van der Waals surface area contributed by atoms with Crippen molar-refractivity contribution in [3.05, 3.63) is 64.7 Å². The molecule has 0 radical (unpaired) electrons. The highest BCUT2D eigenvalue weighted by molar-refractivity contribution is 6.30. The van der Waals surface area contributed by atoms with Gasteiger partial charge in [0.15, 0.2) is 0 Å². The van der Waals surface area contributed by atoms with Crippen LogP contribution in [0.25, 0.3) is 0 Å². The van der Waals surface area contributed by atoms with Crippen LogP contribution in [0.1, 0.15) is 18.1 Å². The van der Waals surface area contributed by atoms with Gasteiger partial charge in [-0.1, -0.05) is 41.9 Å². The lowest BCUT2D eigenvalue weighted by molar-refractivity contribution is 0.0599. The van der Waals surface area contributed by atoms with Crippen molar-refractivity contribution in [2.45, 2.75) is 19.4 Å². The maximum absolute atomic E-state index is 12.0. The highest BCUT2D eigenvalue weighted by Crippen LogP contribution is 2.20. The molecule has 4 nitrogen and oxygen atoms in total. The minimum Gasteiger partial charge on any atom is -0.384 e. The van der Waals surface area contributed by atoms with Crippen molar-refractivity contribution in [1.82, 2.24) is 5.32 Å². The number of rotatable bonds is 4. The highest BCUT2D eigenvalue weighted by Gasteiger charge is 2.23. The normalized spacial score (nSPS) is 13.3. The largest absolute Gasteiger partial charge is 0.384 e. The van der Waals surface area contributed by atoms with Crippen LogP contribution in [-0.4, -0.2) is 17.7 Å². The summed E-state index contributed by atoms with van der Waals surface area (Å²) in [5.41, 5.74) is 1.17. The lowest BCUT2D eigenvalue weighted by atomic mass is 9.96. The smallest absolute Gasteiger partial charge is 0.319 e. The second-order valence-corrected chi connectivity index (χ2v) is 5.84. The fourth-order valence-electron chi connectivity index (χ4n) is 2.09. The molecule has 2 amide bonds. The van der Waals surface area contributed by atoms with Crippen LogP contribution in [-0.2, 0) is 5.60 Å². The number of hydrogen-bond acceptors (Lipinski definition) is 2. The highest BCUT2D eigenvalue weighted by atomic mass is 35.5. The molecule has 0 aliphatic heterocycles. The molecule has 1 atom stereocenters. The number of aliphatic hydroxyl groups is 1. The first-order valence-corrected chi connectivity index (χ1v) is 7.35. The van der Waals surface area contributed by atoms with E-state index in [1.165, 1.54) is 0 Å². The summed E-state index contributed by atoms with van der Waals surface area (Å²) in [4.78, 5) is 12.0. The van der Waals surface area contributed by atoms with E-state index in [1.807, 2.05) is 37.3 Å². The van der Waals surface area contributed by atoms with Gasteiger partial charge in [-0.15, -0.1) is 0 Å². The summed E-state index contributed by atoms with van der Waals surface area (Å²) in [5.74, 6) is 0. The SMILES string of the molecule is Cc1cc(Cl)ccc1NC(=O)NCC(C)(O)c1ccccc1. The summed E-state index contributed by atoms with van der Waals surface area (Å²) >= 11 is 5.88. The standard InChI is InChI=1S/C17H19ClN2O2/c1-12-10-14(18)8-9-15(12)20-16(21)19-11-17(2,22)13-6-4-3-5-7-13/h3-10,22H,11H2,1-2H3,(H2,19,20,21). The van der Waals surface area contributed by atoms with Crippen LogP contribution in [0.3, 0.4) is 0 Å². The third-order valence-electron chi connectivity index (χ3n) is 3.43. The predicted octanol–water partition coefficient (Wildman–Crippen LogP) is 3.68. The first kappa shape index (κ1) is 16.3. The van der Waals surface area contributed by atoms with Gasteiger partial charge in [-0.3, -0.25) is 0 Å². The third kappa shape index (κ3) is 4.23. The second-order valence-electron chi connectivity index (χ2n) is 5.41. The van der Waals surface area contributed by atoms with Crippen LogP contribution in [0.15, 0.2) is 48.5 Å². The van der Waals surface area contributed by atoms with Crippen LogP contribution >= 0.6 is 11.6 Å². The summed E-state index contributed by atoms with van der Waals surface area (Å²) in [5, 5.41) is 16.5. The van der Waals surface area contributed by atoms with Crippen molar-refractivity contribution >= 4 is 23.3 Å². The summed E-state index contributed by atoms with van der Waals surface area (Å²) in [6.07, 6.45) is 0. The van der Waals surface area contributed by atoms with Crippen molar-refractivity contribution in [2.75, 3.05) is 11.9 Å². The maximum atomic E-state index is 12.0. The van der Waals surface area contributed by atoms with Crippen molar-refractivity contribution in [2.24, 2.45) is 0 Å². The molecule has 1 unspecified atom stereocenters. The van der Waals surface area contributed by atoms with E-state index in [0.717, 1.165) is 11.1 Å². The molecule has 2 aromatic rings. The second kappa shape index (κ2) is 6.81. The topological polar surface area (TPSA) is 61.4 Å². The van der Waals surface area contributed by atoms with E-state index in [0.29, 0.717) is 10.7 Å². The molecule has 0 aliphatic carbocycles. The number of carbonyl (C=O) groups is 1. The molecule has 0 aliphatic rings. The van der Waals surface area contributed by atoms with E-state index in [2.05, 4.69) is 10.6 Å². The molecule has 5 heteroatoms. The Morgan fingerprint density at radius 1 is 1.23 bits per heavy atom. The Labute approximate surface area is 135 Å². The zero-order chi connectivity index (χ0) is 16.2. The number of benzene rings is 2. The average Bonchev–Trinajstić information content (AvgIpc) is 2.49. The fraction of sp³-hybridized carbons (Fsp3) is 0.235. The Bertz CT molecular complexity index is 657. The first-order chi connectivity index (χ1) is 10.4. The minimum absolute atomic E-state index is 0.107. The maximum Gasteiger partial charge on any atom is 0.319 e. The zero-order valence-electron chi connectivity index (χ0n) is 12.6. The molecule has 0 spiro atoms. The number of hydrogen-bond donors (Lipinski definition) is 3. The van der Waals surface area contributed by atoms with E-state index in [1.54, 1.807) is 25.1 Å². The Morgan fingerprint density at radius 3 is 2.55 bits per heavy atom. The van der Waals surface area contributed by atoms with Gasteiger partial charge in [-0.05, 0) is 43.2 Å². The molecule has 2 rings (SSSR count). The van der Waals surface area contributed by atoms with Crippen LogP contribution in [0.4, 0.5) is 10.5 Å². The molecule has 0 bridgehead atoms. The molecule has 116 valence electrons. The van der Waals surface area contributed by atoms with Gasteiger partial charge >= 0.3 is 6.03 Å². The number of amides is 2. The summed E-state index contributed by atoms with van der Waals surface area (Å²) in [6, 6.07) is 14.1. The number of carbonyl (C=O) groups excluding carboxylic acids is 1. The van der Waals surface area contributed by atoms with Gasteiger partial charge in [0.05, 0.1) is 6.54 Å². The van der Waals surface area contributed by atoms with Crippen LogP contribution in [0, 0.1) is 6.92 Å². The van der Waals surface area contributed by atoms with Gasteiger partial charge < -0.3 is 15.7 Å². The van der Waals surface area contributed by atoms with E-state index in [4.69, 9.17) is 11.6 Å². The number of halogens is 1. The van der Waals surface area contributed by atoms with Crippen molar-refractivity contribution in [3.8, 4) is 0 Å². The molecule has 0 fully saturated rings. The summed E-state index contributed by atoms with van der Waals surface area (Å²) in [6.45, 7) is 3.63. The van der Waals surface area contributed by atoms with Crippen molar-refractivity contribution < 1.29 is 9.90 Å². The van der Waals surface area contributed by atoms with E-state index >= 15 is 0 Å². The van der Waals surface area contributed by atoms with E-state index in [-0.39, 0.29) is 12.6 Å². The Kier molecular flexibility index (Phi) is 5.06. The number of anilines is 1. The lowest BCUT2D eigenvalue weighted by Gasteiger charge is -2.24. The average molecular weight is 319 g/mol. The quantitative estimate of drug-likeness (QED) is 0.805. The molecule has 22 heavy (non-hydrogen) atoms. The third-order valence-corrected chi connectivity index (χ3v) is 3.66. The van der Waals surface area contributed by atoms with E-state index in [9.17, 15) is 9.90 Å². The van der Waals surface area contributed by atoms with Gasteiger partial charge in [0.2, 0.25) is 0 Å². The monoisotopic (exact) mass is 318 g/mol. The Morgan fingerprint density at radius 2 is 1.91 bits per heavy atom. The van der Waals surface area contributed by atoms with Crippen LogP contribution in [0.2, 0.25) is 5.02 Å². The molecule has 0 heterocycles. The molecule has 0 saturated heterocycles. The molecule has 0 saturated carbocycles.